The number of fused-ring (bicyclic) bond motifs is 2. The molecule has 9 nitrogen and oxygen atoms in total. The van der Waals surface area contributed by atoms with Gasteiger partial charge in [-0.25, -0.2) is 9.79 Å². The van der Waals surface area contributed by atoms with Crippen molar-refractivity contribution in [3.63, 3.8) is 0 Å². The Morgan fingerprint density at radius 2 is 1.81 bits per heavy atom. The van der Waals surface area contributed by atoms with Gasteiger partial charge in [-0.2, -0.15) is 0 Å². The van der Waals surface area contributed by atoms with E-state index in [2.05, 4.69) is 0 Å². The van der Waals surface area contributed by atoms with Crippen molar-refractivity contribution in [1.82, 2.24) is 14.0 Å². The molecule has 1 atom stereocenters. The number of carbonyl (C=O) groups excluding carboxylic acids is 2. The van der Waals surface area contributed by atoms with Crippen LogP contribution in [0.25, 0.3) is 17.0 Å². The average Bonchev–Trinajstić information content (AvgIpc) is 3.72. The van der Waals surface area contributed by atoms with Gasteiger partial charge in [0.15, 0.2) is 4.80 Å². The summed E-state index contributed by atoms with van der Waals surface area (Å²) in [6.45, 7) is 5.63. The molecule has 10 heteroatoms. The summed E-state index contributed by atoms with van der Waals surface area (Å²) in [6.07, 6.45) is 5.91. The molecule has 0 N–H and O–H groups in total. The first-order chi connectivity index (χ1) is 20.8. The lowest BCUT2D eigenvalue weighted by atomic mass is 9.95. The number of hydrogen-bond acceptors (Lipinski definition) is 7. The van der Waals surface area contributed by atoms with Crippen molar-refractivity contribution in [3.8, 4) is 0 Å². The molecule has 0 unspecified atom stereocenters. The number of rotatable bonds is 7. The van der Waals surface area contributed by atoms with Gasteiger partial charge in [-0.15, -0.1) is 0 Å². The topological polar surface area (TPSA) is 89.1 Å². The van der Waals surface area contributed by atoms with E-state index in [1.165, 1.54) is 11.3 Å². The summed E-state index contributed by atoms with van der Waals surface area (Å²) in [4.78, 5) is 49.5. The summed E-state index contributed by atoms with van der Waals surface area (Å²) in [5, 5.41) is 0.960. The van der Waals surface area contributed by atoms with Crippen LogP contribution in [0, 0.1) is 0 Å². The highest BCUT2D eigenvalue weighted by Gasteiger charge is 2.33. The summed E-state index contributed by atoms with van der Waals surface area (Å²) >= 11 is 1.30. The van der Waals surface area contributed by atoms with Gasteiger partial charge in [0.2, 0.25) is 5.91 Å². The van der Waals surface area contributed by atoms with Gasteiger partial charge in [0.05, 0.1) is 28.5 Å². The molecule has 1 fully saturated rings. The van der Waals surface area contributed by atoms with Crippen LogP contribution in [0.1, 0.15) is 43.9 Å². The van der Waals surface area contributed by atoms with E-state index in [4.69, 9.17) is 9.73 Å². The van der Waals surface area contributed by atoms with Crippen molar-refractivity contribution in [3.05, 3.63) is 96.8 Å². The van der Waals surface area contributed by atoms with E-state index >= 15 is 0 Å². The van der Waals surface area contributed by atoms with Gasteiger partial charge >= 0.3 is 5.97 Å². The molecule has 0 spiro atoms. The molecular weight excluding hydrogens is 562 g/mol. The SMILES string of the molecule is CCOC(=O)C1=C(C)N=c2s/c(=C/c3cn(CC(=O)N4CCCC4)c4ccccc34)c(=O)n2[C@H]1c1ccc(N(C)C)cc1. The second-order valence-electron chi connectivity index (χ2n) is 11.1. The monoisotopic (exact) mass is 597 g/mol. The lowest BCUT2D eigenvalue weighted by Crippen LogP contribution is -2.39. The fourth-order valence-electron chi connectivity index (χ4n) is 5.94. The maximum absolute atomic E-state index is 14.1. The van der Waals surface area contributed by atoms with E-state index in [1.54, 1.807) is 18.4 Å². The minimum Gasteiger partial charge on any atom is -0.463 e. The molecule has 0 bridgehead atoms. The molecule has 2 aliphatic heterocycles. The summed E-state index contributed by atoms with van der Waals surface area (Å²) in [6, 6.07) is 15.1. The Balaban J connectivity index is 1.47. The molecule has 222 valence electrons. The molecule has 43 heavy (non-hydrogen) atoms. The molecule has 4 heterocycles. The number of likely N-dealkylation sites (tertiary alicyclic amines) is 1. The summed E-state index contributed by atoms with van der Waals surface area (Å²) in [5.41, 5.74) is 4.25. The van der Waals surface area contributed by atoms with Gasteiger partial charge < -0.3 is 19.1 Å². The Hall–Kier alpha value is -4.44. The third kappa shape index (κ3) is 5.31. The Bertz CT molecular complexity index is 1920. The van der Waals surface area contributed by atoms with Crippen LogP contribution < -0.4 is 19.8 Å². The van der Waals surface area contributed by atoms with Gasteiger partial charge in [0, 0.05) is 55.5 Å². The molecule has 0 radical (unpaired) electrons. The van der Waals surface area contributed by atoms with Crippen LogP contribution in [0.2, 0.25) is 0 Å². The Kier molecular flexibility index (Phi) is 7.79. The van der Waals surface area contributed by atoms with Crippen LogP contribution in [0.5, 0.6) is 0 Å². The minimum atomic E-state index is -0.673. The number of para-hydroxylation sites is 1. The molecule has 1 saturated heterocycles. The van der Waals surface area contributed by atoms with Gasteiger partial charge in [-0.05, 0) is 56.5 Å². The van der Waals surface area contributed by atoms with E-state index in [-0.39, 0.29) is 24.6 Å². The third-order valence-electron chi connectivity index (χ3n) is 8.11. The Labute approximate surface area is 253 Å². The Morgan fingerprint density at radius 1 is 1.09 bits per heavy atom. The van der Waals surface area contributed by atoms with E-state index in [0.717, 1.165) is 53.6 Å². The number of aromatic nitrogens is 2. The molecule has 2 aliphatic rings. The number of benzene rings is 2. The molecule has 2 aromatic carbocycles. The molecule has 1 amide bonds. The van der Waals surface area contributed by atoms with E-state index in [9.17, 15) is 14.4 Å². The van der Waals surface area contributed by atoms with Gasteiger partial charge in [0.1, 0.15) is 6.54 Å². The zero-order chi connectivity index (χ0) is 30.2. The zero-order valence-corrected chi connectivity index (χ0v) is 25.7. The average molecular weight is 598 g/mol. The van der Waals surface area contributed by atoms with Crippen molar-refractivity contribution >= 4 is 45.9 Å². The predicted molar refractivity (Wildman–Crippen MR) is 169 cm³/mol. The fraction of sp³-hybridized carbons (Fsp3) is 0.333. The van der Waals surface area contributed by atoms with Crippen LogP contribution in [-0.4, -0.2) is 59.7 Å². The second-order valence-corrected chi connectivity index (χ2v) is 12.1. The van der Waals surface area contributed by atoms with Crippen molar-refractivity contribution in [1.29, 1.82) is 0 Å². The van der Waals surface area contributed by atoms with Crippen LogP contribution >= 0.6 is 11.3 Å². The van der Waals surface area contributed by atoms with Crippen molar-refractivity contribution in [2.75, 3.05) is 38.7 Å². The first kappa shape index (κ1) is 28.7. The summed E-state index contributed by atoms with van der Waals surface area (Å²) < 4.78 is 9.50. The van der Waals surface area contributed by atoms with Crippen LogP contribution in [0.3, 0.4) is 0 Å². The normalized spacial score (nSPS) is 16.9. The smallest absolute Gasteiger partial charge is 0.338 e. The molecular formula is C33H35N5O4S. The second kappa shape index (κ2) is 11.7. The van der Waals surface area contributed by atoms with Crippen molar-refractivity contribution in [2.24, 2.45) is 4.99 Å². The van der Waals surface area contributed by atoms with Crippen LogP contribution in [0.15, 0.2) is 75.8 Å². The maximum Gasteiger partial charge on any atom is 0.338 e. The lowest BCUT2D eigenvalue weighted by molar-refractivity contribution is -0.139. The number of thiazole rings is 1. The van der Waals surface area contributed by atoms with Crippen LogP contribution in [0.4, 0.5) is 5.69 Å². The van der Waals surface area contributed by atoms with E-state index < -0.39 is 12.0 Å². The number of ether oxygens (including phenoxy) is 1. The summed E-state index contributed by atoms with van der Waals surface area (Å²) in [5.74, 6) is -0.378. The third-order valence-corrected chi connectivity index (χ3v) is 9.10. The van der Waals surface area contributed by atoms with E-state index in [1.807, 2.05) is 89.3 Å². The molecule has 0 saturated carbocycles. The number of esters is 1. The number of hydrogen-bond donors (Lipinski definition) is 0. The Morgan fingerprint density at radius 3 is 2.51 bits per heavy atom. The minimum absolute atomic E-state index is 0.103. The molecule has 0 aliphatic carbocycles. The highest BCUT2D eigenvalue weighted by atomic mass is 32.1. The van der Waals surface area contributed by atoms with Gasteiger partial charge in [0.25, 0.3) is 5.56 Å². The highest BCUT2D eigenvalue weighted by Crippen LogP contribution is 2.32. The zero-order valence-electron chi connectivity index (χ0n) is 24.9. The lowest BCUT2D eigenvalue weighted by Gasteiger charge is -2.25. The number of carbonyl (C=O) groups is 2. The van der Waals surface area contributed by atoms with Gasteiger partial charge in [-0.1, -0.05) is 41.7 Å². The highest BCUT2D eigenvalue weighted by molar-refractivity contribution is 7.07. The van der Waals surface area contributed by atoms with Gasteiger partial charge in [-0.3, -0.25) is 14.2 Å². The first-order valence-electron chi connectivity index (χ1n) is 14.6. The summed E-state index contributed by atoms with van der Waals surface area (Å²) in [7, 11) is 3.93. The molecule has 2 aromatic heterocycles. The van der Waals surface area contributed by atoms with Crippen molar-refractivity contribution < 1.29 is 14.3 Å². The first-order valence-corrected chi connectivity index (χ1v) is 15.4. The number of amides is 1. The quantitative estimate of drug-likeness (QED) is 0.305. The maximum atomic E-state index is 14.1. The number of allylic oxidation sites excluding steroid dienone is 1. The predicted octanol–water partition coefficient (Wildman–Crippen LogP) is 3.44. The standard InChI is InChI=1S/C33H35N5O4S/c1-5-42-32(41)29-21(2)34-33-38(30(29)22-12-14-24(15-13-22)35(3)4)31(40)27(43-33)18-23-19-37(26-11-7-6-10-25(23)26)20-28(39)36-16-8-9-17-36/h6-7,10-15,18-19,30H,5,8-9,16-17,20H2,1-4H3/b27-18+/t30-/m0/s1. The molecule has 4 aromatic rings. The number of nitrogens with zero attached hydrogens (tertiary/aromatic N) is 5. The van der Waals surface area contributed by atoms with E-state index in [0.29, 0.717) is 20.6 Å². The number of anilines is 1. The van der Waals surface area contributed by atoms with Crippen LogP contribution in [-0.2, 0) is 20.9 Å². The fourth-order valence-corrected chi connectivity index (χ4v) is 6.97. The molecule has 6 rings (SSSR count). The largest absolute Gasteiger partial charge is 0.463 e. The van der Waals surface area contributed by atoms with Crippen molar-refractivity contribution in [2.45, 2.75) is 39.3 Å².